The molecule has 160 valence electrons. The summed E-state index contributed by atoms with van der Waals surface area (Å²) in [4.78, 5) is 25.4. The number of phenols is 1. The fraction of sp³-hybridized carbons (Fsp3) is 0.185. The fourth-order valence-electron chi connectivity index (χ4n) is 4.23. The summed E-state index contributed by atoms with van der Waals surface area (Å²) in [5, 5.41) is 10.9. The van der Waals surface area contributed by atoms with Gasteiger partial charge in [0.2, 0.25) is 0 Å². The highest BCUT2D eigenvalue weighted by Crippen LogP contribution is 2.46. The number of carbonyl (C=O) groups is 2. The molecule has 3 aromatic carbocycles. The summed E-state index contributed by atoms with van der Waals surface area (Å²) in [5.41, 5.74) is 2.72. The van der Waals surface area contributed by atoms with Crippen LogP contribution in [0.5, 0.6) is 5.75 Å². The molecule has 1 aliphatic carbocycles. The summed E-state index contributed by atoms with van der Waals surface area (Å²) in [5.74, 6) is 5.04. The molecule has 4 rings (SSSR count). The van der Waals surface area contributed by atoms with E-state index in [2.05, 4.69) is 11.8 Å². The molecule has 0 spiro atoms. The molecule has 0 saturated heterocycles. The average Bonchev–Trinajstić information content (AvgIpc) is 3.26. The predicted octanol–water partition coefficient (Wildman–Crippen LogP) is 3.89. The largest absolute Gasteiger partial charge is 0.508 e. The number of benzene rings is 3. The Labute approximate surface area is 186 Å². The van der Waals surface area contributed by atoms with Crippen molar-refractivity contribution in [1.29, 1.82) is 0 Å². The third-order valence-electron chi connectivity index (χ3n) is 5.83. The second-order valence-corrected chi connectivity index (χ2v) is 7.68. The molecule has 0 radical (unpaired) electrons. The van der Waals surface area contributed by atoms with Crippen LogP contribution < -0.4 is 0 Å². The maximum Gasteiger partial charge on any atom is 0.323 e. The summed E-state index contributed by atoms with van der Waals surface area (Å²) in [6.45, 7) is 0. The third-order valence-corrected chi connectivity index (χ3v) is 5.83. The lowest BCUT2D eigenvalue weighted by molar-refractivity contribution is -0.168. The predicted molar refractivity (Wildman–Crippen MR) is 120 cm³/mol. The Morgan fingerprint density at radius 2 is 1.41 bits per heavy atom. The van der Waals surface area contributed by atoms with Crippen molar-refractivity contribution in [2.45, 2.75) is 12.8 Å². The van der Waals surface area contributed by atoms with Crippen LogP contribution in [0.2, 0.25) is 0 Å². The number of rotatable bonds is 3. The molecular formula is C27H22O5. The molecule has 5 nitrogen and oxygen atoms in total. The molecule has 0 aromatic heterocycles. The lowest BCUT2D eigenvalue weighted by Crippen LogP contribution is -2.42. The second-order valence-electron chi connectivity index (χ2n) is 7.68. The first-order chi connectivity index (χ1) is 15.5. The molecule has 0 fully saturated rings. The van der Waals surface area contributed by atoms with Crippen molar-refractivity contribution >= 4 is 11.9 Å². The standard InChI is InChI=1S/C27H22O5/c1-31-25(29)27(26(30)32-2)16-22-20(14-13-18-9-5-3-6-10-18)21(15-24(28)23(22)17-27)19-11-7-4-8-12-19/h3-12,15,28H,16-17H2,1-2H3. The second kappa shape index (κ2) is 8.60. The number of esters is 2. The van der Waals surface area contributed by atoms with Crippen molar-refractivity contribution in [3.05, 3.63) is 89.0 Å². The van der Waals surface area contributed by atoms with Gasteiger partial charge in [-0.3, -0.25) is 9.59 Å². The Morgan fingerprint density at radius 1 is 0.844 bits per heavy atom. The van der Waals surface area contributed by atoms with E-state index in [4.69, 9.17) is 9.47 Å². The van der Waals surface area contributed by atoms with Crippen LogP contribution >= 0.6 is 0 Å². The van der Waals surface area contributed by atoms with Gasteiger partial charge in [-0.1, -0.05) is 60.4 Å². The summed E-state index contributed by atoms with van der Waals surface area (Å²) in [6.07, 6.45) is 0.0251. The van der Waals surface area contributed by atoms with Crippen LogP contribution in [0.4, 0.5) is 0 Å². The van der Waals surface area contributed by atoms with E-state index in [1.54, 1.807) is 6.07 Å². The van der Waals surface area contributed by atoms with Crippen LogP contribution in [0, 0.1) is 17.3 Å². The first-order valence-corrected chi connectivity index (χ1v) is 10.2. The zero-order chi connectivity index (χ0) is 22.7. The molecule has 0 saturated carbocycles. The molecule has 1 N–H and O–H groups in total. The van der Waals surface area contributed by atoms with Crippen LogP contribution in [-0.2, 0) is 31.9 Å². The molecule has 0 atom stereocenters. The quantitative estimate of drug-likeness (QED) is 0.391. The normalized spacial score (nSPS) is 13.4. The van der Waals surface area contributed by atoms with E-state index in [0.29, 0.717) is 16.7 Å². The van der Waals surface area contributed by atoms with Gasteiger partial charge in [-0.05, 0) is 29.3 Å². The van der Waals surface area contributed by atoms with Crippen molar-refractivity contribution in [2.24, 2.45) is 5.41 Å². The molecule has 3 aromatic rings. The Kier molecular flexibility index (Phi) is 5.70. The molecule has 0 amide bonds. The van der Waals surface area contributed by atoms with Crippen molar-refractivity contribution in [2.75, 3.05) is 14.2 Å². The Hall–Kier alpha value is -4.04. The van der Waals surface area contributed by atoms with E-state index in [9.17, 15) is 14.7 Å². The number of aromatic hydroxyl groups is 1. The van der Waals surface area contributed by atoms with E-state index >= 15 is 0 Å². The van der Waals surface area contributed by atoms with Gasteiger partial charge in [-0.25, -0.2) is 0 Å². The smallest absolute Gasteiger partial charge is 0.323 e. The van der Waals surface area contributed by atoms with Crippen LogP contribution in [0.1, 0.15) is 22.3 Å². The molecule has 0 heterocycles. The van der Waals surface area contributed by atoms with E-state index in [1.807, 2.05) is 60.7 Å². The fourth-order valence-corrected chi connectivity index (χ4v) is 4.23. The topological polar surface area (TPSA) is 72.8 Å². The molecule has 1 aliphatic rings. The van der Waals surface area contributed by atoms with Gasteiger partial charge >= 0.3 is 11.9 Å². The van der Waals surface area contributed by atoms with Crippen LogP contribution in [0.3, 0.4) is 0 Å². The monoisotopic (exact) mass is 426 g/mol. The van der Waals surface area contributed by atoms with E-state index < -0.39 is 17.4 Å². The zero-order valence-corrected chi connectivity index (χ0v) is 17.8. The molecular weight excluding hydrogens is 404 g/mol. The summed E-state index contributed by atoms with van der Waals surface area (Å²) in [6, 6.07) is 20.8. The summed E-state index contributed by atoms with van der Waals surface area (Å²) in [7, 11) is 2.47. The number of hydrogen-bond donors (Lipinski definition) is 1. The minimum absolute atomic E-state index is 0.0113. The highest BCUT2D eigenvalue weighted by atomic mass is 16.5. The number of phenolic OH excluding ortho intramolecular Hbond substituents is 1. The van der Waals surface area contributed by atoms with Gasteiger partial charge in [0.25, 0.3) is 0 Å². The highest BCUT2D eigenvalue weighted by Gasteiger charge is 2.54. The molecule has 0 unspecified atom stereocenters. The highest BCUT2D eigenvalue weighted by molar-refractivity contribution is 6.02. The number of hydrogen-bond acceptors (Lipinski definition) is 5. The number of methoxy groups -OCH3 is 2. The SMILES string of the molecule is COC(=O)C1(C(=O)OC)Cc2c(O)cc(-c3ccccc3)c(C#Cc3ccccc3)c2C1. The average molecular weight is 426 g/mol. The van der Waals surface area contributed by atoms with Gasteiger partial charge in [0.1, 0.15) is 5.75 Å². The van der Waals surface area contributed by atoms with Gasteiger partial charge in [0, 0.05) is 35.1 Å². The number of ether oxygens (including phenoxy) is 2. The van der Waals surface area contributed by atoms with Gasteiger partial charge in [-0.2, -0.15) is 0 Å². The Balaban J connectivity index is 1.95. The van der Waals surface area contributed by atoms with Crippen molar-refractivity contribution < 1.29 is 24.2 Å². The summed E-state index contributed by atoms with van der Waals surface area (Å²) >= 11 is 0. The maximum atomic E-state index is 12.7. The zero-order valence-electron chi connectivity index (χ0n) is 17.8. The maximum absolute atomic E-state index is 12.7. The van der Waals surface area contributed by atoms with Gasteiger partial charge < -0.3 is 14.6 Å². The van der Waals surface area contributed by atoms with Crippen LogP contribution in [0.25, 0.3) is 11.1 Å². The number of fused-ring (bicyclic) bond motifs is 1. The molecule has 0 bridgehead atoms. The van der Waals surface area contributed by atoms with Crippen LogP contribution in [-0.4, -0.2) is 31.3 Å². The minimum Gasteiger partial charge on any atom is -0.508 e. The van der Waals surface area contributed by atoms with E-state index in [-0.39, 0.29) is 18.6 Å². The van der Waals surface area contributed by atoms with Crippen molar-refractivity contribution in [3.8, 4) is 28.7 Å². The molecule has 5 heteroatoms. The first kappa shape index (κ1) is 21.2. The van der Waals surface area contributed by atoms with E-state index in [0.717, 1.165) is 16.7 Å². The van der Waals surface area contributed by atoms with Crippen molar-refractivity contribution in [1.82, 2.24) is 0 Å². The number of carbonyl (C=O) groups excluding carboxylic acids is 2. The molecule has 0 aliphatic heterocycles. The van der Waals surface area contributed by atoms with E-state index in [1.165, 1.54) is 14.2 Å². The van der Waals surface area contributed by atoms with Crippen LogP contribution in [0.15, 0.2) is 66.7 Å². The minimum atomic E-state index is -1.55. The van der Waals surface area contributed by atoms with Crippen molar-refractivity contribution in [3.63, 3.8) is 0 Å². The Bertz CT molecular complexity index is 1220. The molecule has 32 heavy (non-hydrogen) atoms. The van der Waals surface area contributed by atoms with Gasteiger partial charge in [0.15, 0.2) is 5.41 Å². The summed E-state index contributed by atoms with van der Waals surface area (Å²) < 4.78 is 9.92. The third kappa shape index (κ3) is 3.61. The first-order valence-electron chi connectivity index (χ1n) is 10.2. The Morgan fingerprint density at radius 3 is 2.00 bits per heavy atom. The lowest BCUT2D eigenvalue weighted by Gasteiger charge is -2.22. The van der Waals surface area contributed by atoms with Gasteiger partial charge in [0.05, 0.1) is 14.2 Å². The van der Waals surface area contributed by atoms with Gasteiger partial charge in [-0.15, -0.1) is 0 Å². The lowest BCUT2D eigenvalue weighted by atomic mass is 9.84.